The summed E-state index contributed by atoms with van der Waals surface area (Å²) < 4.78 is 0. The predicted molar refractivity (Wildman–Crippen MR) is 99.0 cm³/mol. The van der Waals surface area contributed by atoms with Gasteiger partial charge < -0.3 is 5.32 Å². The molecule has 3 amide bonds. The third kappa shape index (κ3) is 5.44. The zero-order chi connectivity index (χ0) is 19.2. The molecule has 0 saturated heterocycles. The van der Waals surface area contributed by atoms with E-state index < -0.39 is 17.7 Å². The first-order valence-electron chi connectivity index (χ1n) is 8.30. The van der Waals surface area contributed by atoms with Crippen molar-refractivity contribution in [3.63, 3.8) is 0 Å². The van der Waals surface area contributed by atoms with E-state index in [0.717, 1.165) is 11.1 Å². The van der Waals surface area contributed by atoms with Gasteiger partial charge in [0.25, 0.3) is 5.91 Å². The summed E-state index contributed by atoms with van der Waals surface area (Å²) in [4.78, 5) is 35.5. The van der Waals surface area contributed by atoms with E-state index >= 15 is 0 Å². The summed E-state index contributed by atoms with van der Waals surface area (Å²) in [5, 5.41) is 2.48. The molecule has 0 heterocycles. The summed E-state index contributed by atoms with van der Waals surface area (Å²) in [5.74, 6) is -2.24. The maximum Gasteiger partial charge on any atom is 0.327 e. The number of rotatable bonds is 3. The van der Waals surface area contributed by atoms with Gasteiger partial charge in [-0.3, -0.25) is 25.2 Å². The highest BCUT2D eigenvalue weighted by atomic mass is 16.2. The molecule has 0 aromatic heterocycles. The lowest BCUT2D eigenvalue weighted by Gasteiger charge is -2.19. The molecule has 2 aromatic carbocycles. The molecule has 6 nitrogen and oxygen atoms in total. The lowest BCUT2D eigenvalue weighted by Crippen LogP contribution is -2.48. The lowest BCUT2D eigenvalue weighted by molar-refractivity contribution is -0.139. The number of amides is 3. The topological polar surface area (TPSA) is 87.3 Å². The van der Waals surface area contributed by atoms with Crippen LogP contribution in [-0.4, -0.2) is 17.7 Å². The minimum Gasteiger partial charge on any atom is -0.344 e. The van der Waals surface area contributed by atoms with Crippen LogP contribution in [0, 0.1) is 0 Å². The van der Waals surface area contributed by atoms with Crippen molar-refractivity contribution >= 4 is 17.7 Å². The first-order valence-corrected chi connectivity index (χ1v) is 8.30. The Labute approximate surface area is 153 Å². The zero-order valence-corrected chi connectivity index (χ0v) is 15.1. The third-order valence-electron chi connectivity index (χ3n) is 3.80. The molecular weight excluding hydrogens is 330 g/mol. The van der Waals surface area contributed by atoms with E-state index in [1.807, 2.05) is 42.5 Å². The average Bonchev–Trinajstić information content (AvgIpc) is 2.64. The molecule has 0 fully saturated rings. The van der Waals surface area contributed by atoms with Crippen LogP contribution in [0.3, 0.4) is 0 Å². The largest absolute Gasteiger partial charge is 0.344 e. The van der Waals surface area contributed by atoms with Crippen LogP contribution in [0.5, 0.6) is 0 Å². The maximum absolute atomic E-state index is 12.1. The van der Waals surface area contributed by atoms with E-state index in [2.05, 4.69) is 36.9 Å². The molecule has 0 saturated carbocycles. The highest BCUT2D eigenvalue weighted by Crippen LogP contribution is 2.22. The Morgan fingerprint density at radius 3 is 2.00 bits per heavy atom. The predicted octanol–water partition coefficient (Wildman–Crippen LogP) is 2.06. The van der Waals surface area contributed by atoms with E-state index in [-0.39, 0.29) is 12.0 Å². The molecule has 0 aliphatic heterocycles. The van der Waals surface area contributed by atoms with Gasteiger partial charge in [0.15, 0.2) is 0 Å². The minimum absolute atomic E-state index is 0.0138. The molecule has 2 rings (SSSR count). The third-order valence-corrected chi connectivity index (χ3v) is 3.80. The Hall–Kier alpha value is -3.15. The average molecular weight is 353 g/mol. The summed E-state index contributed by atoms with van der Waals surface area (Å²) in [6.07, 6.45) is 0. The van der Waals surface area contributed by atoms with Gasteiger partial charge in [-0.1, -0.05) is 63.2 Å². The van der Waals surface area contributed by atoms with E-state index in [4.69, 9.17) is 0 Å². The fourth-order valence-corrected chi connectivity index (χ4v) is 2.22. The van der Waals surface area contributed by atoms with Gasteiger partial charge in [-0.25, -0.2) is 0 Å². The van der Waals surface area contributed by atoms with Crippen molar-refractivity contribution < 1.29 is 14.4 Å². The van der Waals surface area contributed by atoms with Crippen LogP contribution in [0.1, 0.15) is 42.3 Å². The molecule has 136 valence electrons. The molecule has 0 unspecified atom stereocenters. The van der Waals surface area contributed by atoms with E-state index in [9.17, 15) is 14.4 Å². The van der Waals surface area contributed by atoms with Gasteiger partial charge in [0, 0.05) is 12.1 Å². The molecule has 2 aromatic rings. The molecule has 0 bridgehead atoms. The molecule has 26 heavy (non-hydrogen) atoms. The van der Waals surface area contributed by atoms with Crippen LogP contribution in [0.4, 0.5) is 0 Å². The van der Waals surface area contributed by atoms with Crippen LogP contribution in [0.2, 0.25) is 0 Å². The molecule has 0 spiro atoms. The maximum atomic E-state index is 12.1. The lowest BCUT2D eigenvalue weighted by atomic mass is 9.87. The van der Waals surface area contributed by atoms with Gasteiger partial charge in [-0.15, -0.1) is 0 Å². The number of hydrogen-bond donors (Lipinski definition) is 3. The Bertz CT molecular complexity index is 778. The fourth-order valence-electron chi connectivity index (χ4n) is 2.22. The molecular formula is C20H23N3O3. The van der Waals surface area contributed by atoms with Crippen LogP contribution >= 0.6 is 0 Å². The number of hydrogen-bond acceptors (Lipinski definition) is 3. The van der Waals surface area contributed by atoms with Crippen molar-refractivity contribution in [2.75, 3.05) is 0 Å². The van der Waals surface area contributed by atoms with E-state index in [1.54, 1.807) is 12.1 Å². The Morgan fingerprint density at radius 1 is 0.808 bits per heavy atom. The van der Waals surface area contributed by atoms with Crippen molar-refractivity contribution in [3.05, 3.63) is 71.3 Å². The normalized spacial score (nSPS) is 10.7. The molecule has 3 N–H and O–H groups in total. The van der Waals surface area contributed by atoms with Gasteiger partial charge in [-0.05, 0) is 28.7 Å². The first-order chi connectivity index (χ1) is 12.3. The Morgan fingerprint density at radius 2 is 1.42 bits per heavy atom. The van der Waals surface area contributed by atoms with Gasteiger partial charge in [0.2, 0.25) is 0 Å². The second-order valence-corrected chi connectivity index (χ2v) is 6.90. The van der Waals surface area contributed by atoms with Gasteiger partial charge in [0.05, 0.1) is 0 Å². The van der Waals surface area contributed by atoms with Crippen LogP contribution < -0.4 is 16.2 Å². The SMILES string of the molecule is CC(C)(C)c1ccc(C(=O)NNC(=O)C(=O)NCc2ccccc2)cc1. The molecule has 0 aliphatic carbocycles. The van der Waals surface area contributed by atoms with Crippen molar-refractivity contribution in [2.24, 2.45) is 0 Å². The van der Waals surface area contributed by atoms with Crippen molar-refractivity contribution in [1.82, 2.24) is 16.2 Å². The molecule has 0 atom stereocenters. The Kier molecular flexibility index (Phi) is 6.11. The summed E-state index contributed by atoms with van der Waals surface area (Å²) in [5.41, 5.74) is 6.69. The fraction of sp³-hybridized carbons (Fsp3) is 0.250. The van der Waals surface area contributed by atoms with Crippen molar-refractivity contribution in [1.29, 1.82) is 0 Å². The first kappa shape index (κ1) is 19.2. The minimum atomic E-state index is -0.930. The number of carbonyl (C=O) groups excluding carboxylic acids is 3. The Balaban J connectivity index is 1.82. The summed E-state index contributed by atoms with van der Waals surface area (Å²) in [6.45, 7) is 6.47. The standard InChI is InChI=1S/C20H23N3O3/c1-20(2,3)16-11-9-15(10-12-16)17(24)22-23-19(26)18(25)21-13-14-7-5-4-6-8-14/h4-12H,13H2,1-3H3,(H,21,25)(H,22,24)(H,23,26). The zero-order valence-electron chi connectivity index (χ0n) is 15.1. The van der Waals surface area contributed by atoms with Gasteiger partial charge in [-0.2, -0.15) is 0 Å². The van der Waals surface area contributed by atoms with Gasteiger partial charge >= 0.3 is 11.8 Å². The monoisotopic (exact) mass is 353 g/mol. The second-order valence-electron chi connectivity index (χ2n) is 6.90. The van der Waals surface area contributed by atoms with Crippen LogP contribution in [0.25, 0.3) is 0 Å². The van der Waals surface area contributed by atoms with Crippen LogP contribution in [-0.2, 0) is 21.5 Å². The summed E-state index contributed by atoms with van der Waals surface area (Å²) >= 11 is 0. The van der Waals surface area contributed by atoms with Gasteiger partial charge in [0.1, 0.15) is 0 Å². The van der Waals surface area contributed by atoms with Crippen LogP contribution in [0.15, 0.2) is 54.6 Å². The highest BCUT2D eigenvalue weighted by Gasteiger charge is 2.16. The summed E-state index contributed by atoms with van der Waals surface area (Å²) in [7, 11) is 0. The molecule has 0 aliphatic rings. The van der Waals surface area contributed by atoms with E-state index in [0.29, 0.717) is 5.56 Å². The number of benzene rings is 2. The summed E-state index contributed by atoms with van der Waals surface area (Å²) in [6, 6.07) is 16.3. The number of hydrazine groups is 1. The molecule has 6 heteroatoms. The highest BCUT2D eigenvalue weighted by molar-refractivity contribution is 6.35. The quantitative estimate of drug-likeness (QED) is 0.583. The molecule has 0 radical (unpaired) electrons. The number of carbonyl (C=O) groups is 3. The smallest absolute Gasteiger partial charge is 0.327 e. The second kappa shape index (κ2) is 8.29. The van der Waals surface area contributed by atoms with E-state index in [1.165, 1.54) is 0 Å². The van der Waals surface area contributed by atoms with Crippen molar-refractivity contribution in [3.8, 4) is 0 Å². The number of nitrogens with one attached hydrogen (secondary N) is 3. The van der Waals surface area contributed by atoms with Crippen molar-refractivity contribution in [2.45, 2.75) is 32.7 Å².